The van der Waals surface area contributed by atoms with Gasteiger partial charge in [-0.15, -0.1) is 0 Å². The Balaban J connectivity index is 3.08. The molecule has 0 amide bonds. The molecular weight excluding hydrogens is 228 g/mol. The molecule has 1 aromatic rings. The van der Waals surface area contributed by atoms with Crippen molar-refractivity contribution in [3.63, 3.8) is 0 Å². The van der Waals surface area contributed by atoms with E-state index in [1.54, 1.807) is 18.2 Å². The van der Waals surface area contributed by atoms with Crippen LogP contribution in [0.1, 0.15) is 36.2 Å². The van der Waals surface area contributed by atoms with Gasteiger partial charge < -0.3 is 4.74 Å². The van der Waals surface area contributed by atoms with Crippen LogP contribution in [0.3, 0.4) is 0 Å². The SMILES string of the molecule is CCCc1cc(C(=O)Cl)ccc1OC(C)=O. The molecule has 0 N–H and O–H groups in total. The Labute approximate surface area is 99.4 Å². The van der Waals surface area contributed by atoms with E-state index in [4.69, 9.17) is 16.3 Å². The smallest absolute Gasteiger partial charge is 0.308 e. The molecule has 0 saturated carbocycles. The van der Waals surface area contributed by atoms with Gasteiger partial charge >= 0.3 is 5.97 Å². The number of ether oxygens (including phenoxy) is 1. The molecule has 0 fully saturated rings. The Morgan fingerprint density at radius 1 is 1.38 bits per heavy atom. The molecule has 0 aromatic heterocycles. The maximum Gasteiger partial charge on any atom is 0.308 e. The Morgan fingerprint density at radius 2 is 2.06 bits per heavy atom. The zero-order valence-electron chi connectivity index (χ0n) is 9.25. The standard InChI is InChI=1S/C12H13ClO3/c1-3-4-9-7-10(12(13)15)5-6-11(9)16-8(2)14/h5-7H,3-4H2,1-2H3. The summed E-state index contributed by atoms with van der Waals surface area (Å²) in [6, 6.07) is 4.81. The number of halogens is 1. The van der Waals surface area contributed by atoms with Crippen LogP contribution < -0.4 is 4.74 Å². The van der Waals surface area contributed by atoms with Gasteiger partial charge in [-0.05, 0) is 41.8 Å². The van der Waals surface area contributed by atoms with E-state index in [0.717, 1.165) is 18.4 Å². The van der Waals surface area contributed by atoms with Crippen molar-refractivity contribution >= 4 is 22.8 Å². The maximum absolute atomic E-state index is 11.0. The first-order valence-electron chi connectivity index (χ1n) is 5.05. The zero-order valence-corrected chi connectivity index (χ0v) is 10.0. The lowest BCUT2D eigenvalue weighted by Gasteiger charge is -2.08. The molecule has 16 heavy (non-hydrogen) atoms. The van der Waals surface area contributed by atoms with Crippen molar-refractivity contribution in [1.29, 1.82) is 0 Å². The summed E-state index contributed by atoms with van der Waals surface area (Å²) in [6.45, 7) is 3.35. The van der Waals surface area contributed by atoms with E-state index in [9.17, 15) is 9.59 Å². The molecule has 0 saturated heterocycles. The van der Waals surface area contributed by atoms with E-state index in [2.05, 4.69) is 0 Å². The minimum atomic E-state index is -0.508. The normalized spacial score (nSPS) is 9.94. The van der Waals surface area contributed by atoms with Crippen LogP contribution in [0.25, 0.3) is 0 Å². The van der Waals surface area contributed by atoms with Gasteiger partial charge in [0.15, 0.2) is 0 Å². The van der Waals surface area contributed by atoms with Crippen molar-refractivity contribution in [1.82, 2.24) is 0 Å². The van der Waals surface area contributed by atoms with Crippen LogP contribution in [0, 0.1) is 0 Å². The van der Waals surface area contributed by atoms with Crippen molar-refractivity contribution in [2.75, 3.05) is 0 Å². The summed E-state index contributed by atoms with van der Waals surface area (Å²) in [5.41, 5.74) is 1.24. The fourth-order valence-corrected chi connectivity index (χ4v) is 1.54. The number of hydrogen-bond acceptors (Lipinski definition) is 3. The van der Waals surface area contributed by atoms with Crippen LogP contribution in [-0.4, -0.2) is 11.2 Å². The quantitative estimate of drug-likeness (QED) is 0.462. The molecule has 0 aliphatic carbocycles. The van der Waals surface area contributed by atoms with Crippen LogP contribution >= 0.6 is 11.6 Å². The first-order chi connectivity index (χ1) is 7.54. The van der Waals surface area contributed by atoms with E-state index in [1.165, 1.54) is 6.92 Å². The summed E-state index contributed by atoms with van der Waals surface area (Å²) in [5, 5.41) is -0.508. The number of benzene rings is 1. The van der Waals surface area contributed by atoms with Crippen molar-refractivity contribution in [2.24, 2.45) is 0 Å². The second kappa shape index (κ2) is 5.66. The minimum absolute atomic E-state index is 0.373. The van der Waals surface area contributed by atoms with Gasteiger partial charge in [0, 0.05) is 12.5 Å². The molecule has 4 heteroatoms. The first kappa shape index (κ1) is 12.7. The summed E-state index contributed by atoms with van der Waals surface area (Å²) in [6.07, 6.45) is 1.63. The highest BCUT2D eigenvalue weighted by atomic mass is 35.5. The average Bonchev–Trinajstić information content (AvgIpc) is 2.20. The number of rotatable bonds is 4. The molecular formula is C12H13ClO3. The second-order valence-corrected chi connectivity index (χ2v) is 3.78. The lowest BCUT2D eigenvalue weighted by Crippen LogP contribution is -2.05. The van der Waals surface area contributed by atoms with Gasteiger partial charge in [-0.3, -0.25) is 9.59 Å². The molecule has 1 rings (SSSR count). The van der Waals surface area contributed by atoms with E-state index >= 15 is 0 Å². The van der Waals surface area contributed by atoms with E-state index in [1.807, 2.05) is 6.92 Å². The van der Waals surface area contributed by atoms with Crippen molar-refractivity contribution in [3.8, 4) is 5.75 Å². The van der Waals surface area contributed by atoms with Gasteiger partial charge in [0.2, 0.25) is 0 Å². The molecule has 0 aliphatic heterocycles. The Kier molecular flexibility index (Phi) is 4.50. The third-order valence-electron chi connectivity index (χ3n) is 2.06. The van der Waals surface area contributed by atoms with Gasteiger partial charge in [-0.2, -0.15) is 0 Å². The number of hydrogen-bond donors (Lipinski definition) is 0. The van der Waals surface area contributed by atoms with Crippen LogP contribution in [0.15, 0.2) is 18.2 Å². The van der Waals surface area contributed by atoms with Crippen LogP contribution in [0.5, 0.6) is 5.75 Å². The van der Waals surface area contributed by atoms with E-state index in [0.29, 0.717) is 11.3 Å². The third kappa shape index (κ3) is 3.35. The predicted octanol–water partition coefficient (Wildman–Crippen LogP) is 2.94. The summed E-state index contributed by atoms with van der Waals surface area (Å²) in [5.74, 6) is 0.123. The Morgan fingerprint density at radius 3 is 2.56 bits per heavy atom. The molecule has 1 aromatic carbocycles. The highest BCUT2D eigenvalue weighted by Crippen LogP contribution is 2.22. The van der Waals surface area contributed by atoms with Crippen molar-refractivity contribution < 1.29 is 14.3 Å². The summed E-state index contributed by atoms with van der Waals surface area (Å²) < 4.78 is 5.04. The number of aryl methyl sites for hydroxylation is 1. The third-order valence-corrected chi connectivity index (χ3v) is 2.28. The molecule has 86 valence electrons. The van der Waals surface area contributed by atoms with Crippen LogP contribution in [0.2, 0.25) is 0 Å². The van der Waals surface area contributed by atoms with Gasteiger partial charge in [-0.25, -0.2) is 0 Å². The number of esters is 1. The zero-order chi connectivity index (χ0) is 12.1. The molecule has 3 nitrogen and oxygen atoms in total. The van der Waals surface area contributed by atoms with Crippen molar-refractivity contribution in [2.45, 2.75) is 26.7 Å². The van der Waals surface area contributed by atoms with Crippen LogP contribution in [-0.2, 0) is 11.2 Å². The number of carbonyl (C=O) groups excluding carboxylic acids is 2. The summed E-state index contributed by atoms with van der Waals surface area (Å²) >= 11 is 5.39. The summed E-state index contributed by atoms with van der Waals surface area (Å²) in [4.78, 5) is 21.9. The molecule has 0 bridgehead atoms. The molecule has 0 heterocycles. The van der Waals surface area contributed by atoms with Gasteiger partial charge in [0.1, 0.15) is 5.75 Å². The second-order valence-electron chi connectivity index (χ2n) is 3.44. The van der Waals surface area contributed by atoms with Gasteiger partial charge in [0.05, 0.1) is 0 Å². The summed E-state index contributed by atoms with van der Waals surface area (Å²) in [7, 11) is 0. The molecule has 0 aliphatic rings. The highest BCUT2D eigenvalue weighted by molar-refractivity contribution is 6.67. The molecule has 0 radical (unpaired) electrons. The van der Waals surface area contributed by atoms with Crippen molar-refractivity contribution in [3.05, 3.63) is 29.3 Å². The molecule has 0 unspecified atom stereocenters. The fraction of sp³-hybridized carbons (Fsp3) is 0.333. The number of carbonyl (C=O) groups is 2. The van der Waals surface area contributed by atoms with Gasteiger partial charge in [0.25, 0.3) is 5.24 Å². The van der Waals surface area contributed by atoms with E-state index in [-0.39, 0.29) is 5.97 Å². The van der Waals surface area contributed by atoms with Crippen LogP contribution in [0.4, 0.5) is 0 Å². The molecule has 0 spiro atoms. The fourth-order valence-electron chi connectivity index (χ4n) is 1.42. The maximum atomic E-state index is 11.0. The average molecular weight is 241 g/mol. The Hall–Kier alpha value is -1.35. The topological polar surface area (TPSA) is 43.4 Å². The monoisotopic (exact) mass is 240 g/mol. The largest absolute Gasteiger partial charge is 0.426 e. The predicted molar refractivity (Wildman–Crippen MR) is 61.9 cm³/mol. The first-order valence-corrected chi connectivity index (χ1v) is 5.43. The Bertz CT molecular complexity index is 413. The van der Waals surface area contributed by atoms with E-state index < -0.39 is 5.24 Å². The highest BCUT2D eigenvalue weighted by Gasteiger charge is 2.09. The lowest BCUT2D eigenvalue weighted by atomic mass is 10.1. The minimum Gasteiger partial charge on any atom is -0.426 e. The lowest BCUT2D eigenvalue weighted by molar-refractivity contribution is -0.131. The molecule has 0 atom stereocenters. The van der Waals surface area contributed by atoms with Gasteiger partial charge in [-0.1, -0.05) is 13.3 Å².